The Bertz CT molecular complexity index is 508. The largest absolute Gasteiger partial charge is 0.493 e. The summed E-state index contributed by atoms with van der Waals surface area (Å²) in [5.41, 5.74) is 1.69. The van der Waals surface area contributed by atoms with Gasteiger partial charge in [-0.3, -0.25) is 5.41 Å². The average Bonchev–Trinajstić information content (AvgIpc) is 2.93. The Kier molecular flexibility index (Phi) is 4.97. The molecule has 3 rings (SSSR count). The van der Waals surface area contributed by atoms with Crippen molar-refractivity contribution in [2.75, 3.05) is 13.2 Å². The lowest BCUT2D eigenvalue weighted by Gasteiger charge is -2.33. The second-order valence-electron chi connectivity index (χ2n) is 6.96. The second kappa shape index (κ2) is 6.95. The van der Waals surface area contributed by atoms with Crippen LogP contribution in [0.2, 0.25) is 0 Å². The molecule has 1 saturated carbocycles. The van der Waals surface area contributed by atoms with Crippen LogP contribution in [0.3, 0.4) is 0 Å². The van der Waals surface area contributed by atoms with Crippen LogP contribution in [0.5, 0.6) is 5.75 Å². The third-order valence-electron chi connectivity index (χ3n) is 4.81. The van der Waals surface area contributed by atoms with Gasteiger partial charge in [-0.05, 0) is 37.0 Å². The third-order valence-corrected chi connectivity index (χ3v) is 5.86. The van der Waals surface area contributed by atoms with Crippen molar-refractivity contribution >= 4 is 16.9 Å². The lowest BCUT2D eigenvalue weighted by molar-refractivity contribution is 0.116. The molecule has 1 aliphatic heterocycles. The molecule has 0 amide bonds. The van der Waals surface area contributed by atoms with Gasteiger partial charge in [-0.15, -0.1) is 0 Å². The molecule has 1 aromatic rings. The molecule has 4 heteroatoms. The number of hydrogen-bond acceptors (Lipinski definition) is 3. The number of benzene rings is 1. The molecule has 0 spiro atoms. The summed E-state index contributed by atoms with van der Waals surface area (Å²) in [5.74, 6) is 0.987. The zero-order chi connectivity index (χ0) is 15.4. The highest BCUT2D eigenvalue weighted by molar-refractivity contribution is 8.14. The lowest BCUT2D eigenvalue weighted by Crippen LogP contribution is -2.27. The van der Waals surface area contributed by atoms with Crippen molar-refractivity contribution in [1.29, 1.82) is 5.41 Å². The molecule has 2 fully saturated rings. The summed E-state index contributed by atoms with van der Waals surface area (Å²) < 4.78 is 6.04. The molecular formula is C18H26N2OS. The fourth-order valence-corrected chi connectivity index (χ4v) is 4.30. The van der Waals surface area contributed by atoms with Crippen LogP contribution in [-0.2, 0) is 6.42 Å². The van der Waals surface area contributed by atoms with E-state index in [0.717, 1.165) is 25.3 Å². The molecule has 0 radical (unpaired) electrons. The van der Waals surface area contributed by atoms with E-state index >= 15 is 0 Å². The summed E-state index contributed by atoms with van der Waals surface area (Å²) in [7, 11) is 0. The number of amidine groups is 1. The van der Waals surface area contributed by atoms with Gasteiger partial charge in [0.15, 0.2) is 5.17 Å². The first-order valence-corrected chi connectivity index (χ1v) is 9.22. The number of hydrogen-bond donors (Lipinski definition) is 2. The monoisotopic (exact) mass is 318 g/mol. The first-order chi connectivity index (χ1) is 10.6. The normalized spacial score (nSPS) is 24.0. The Morgan fingerprint density at radius 2 is 1.95 bits per heavy atom. The molecule has 3 nitrogen and oxygen atoms in total. The molecular weight excluding hydrogens is 292 g/mol. The smallest absolute Gasteiger partial charge is 0.154 e. The maximum absolute atomic E-state index is 7.58. The van der Waals surface area contributed by atoms with E-state index in [9.17, 15) is 0 Å². The molecule has 1 atom stereocenters. The third kappa shape index (κ3) is 4.19. The van der Waals surface area contributed by atoms with Crippen LogP contribution in [0, 0.1) is 10.8 Å². The van der Waals surface area contributed by atoms with E-state index < -0.39 is 0 Å². The molecule has 120 valence electrons. The highest BCUT2D eigenvalue weighted by Crippen LogP contribution is 2.36. The summed E-state index contributed by atoms with van der Waals surface area (Å²) in [5, 5.41) is 11.8. The zero-order valence-electron chi connectivity index (χ0n) is 13.4. The minimum Gasteiger partial charge on any atom is -0.493 e. The van der Waals surface area contributed by atoms with Gasteiger partial charge in [-0.2, -0.15) is 0 Å². The summed E-state index contributed by atoms with van der Waals surface area (Å²) in [6.07, 6.45) is 7.68. The molecule has 2 aliphatic rings. The number of nitrogens with one attached hydrogen (secondary N) is 2. The van der Waals surface area contributed by atoms with Crippen LogP contribution in [-0.4, -0.2) is 23.6 Å². The minimum absolute atomic E-state index is 0.365. The maximum Gasteiger partial charge on any atom is 0.154 e. The summed E-state index contributed by atoms with van der Waals surface area (Å²) >= 11 is 1.63. The molecule has 22 heavy (non-hydrogen) atoms. The van der Waals surface area contributed by atoms with Gasteiger partial charge >= 0.3 is 0 Å². The Morgan fingerprint density at radius 1 is 1.23 bits per heavy atom. The average molecular weight is 318 g/mol. The lowest BCUT2D eigenvalue weighted by atomic mass is 9.76. The van der Waals surface area contributed by atoms with E-state index in [1.54, 1.807) is 11.8 Å². The Morgan fingerprint density at radius 3 is 2.59 bits per heavy atom. The van der Waals surface area contributed by atoms with E-state index in [-0.39, 0.29) is 0 Å². The zero-order valence-corrected chi connectivity index (χ0v) is 14.2. The van der Waals surface area contributed by atoms with Crippen LogP contribution in [0.15, 0.2) is 24.3 Å². The fraction of sp³-hybridized carbons (Fsp3) is 0.611. The van der Waals surface area contributed by atoms with Gasteiger partial charge in [-0.25, -0.2) is 0 Å². The second-order valence-corrected chi connectivity index (χ2v) is 8.27. The van der Waals surface area contributed by atoms with Crippen LogP contribution in [0.4, 0.5) is 0 Å². The van der Waals surface area contributed by atoms with Crippen LogP contribution in [0.1, 0.15) is 44.6 Å². The van der Waals surface area contributed by atoms with Crippen molar-refractivity contribution in [3.8, 4) is 5.75 Å². The van der Waals surface area contributed by atoms with Gasteiger partial charge in [0.05, 0.1) is 6.61 Å². The summed E-state index contributed by atoms with van der Waals surface area (Å²) in [4.78, 5) is 0. The molecule has 1 aromatic carbocycles. The minimum atomic E-state index is 0.365. The van der Waals surface area contributed by atoms with Gasteiger partial charge in [0.1, 0.15) is 5.75 Å². The van der Waals surface area contributed by atoms with Crippen molar-refractivity contribution in [3.05, 3.63) is 29.8 Å². The molecule has 1 saturated heterocycles. The van der Waals surface area contributed by atoms with Gasteiger partial charge in [0.2, 0.25) is 0 Å². The van der Waals surface area contributed by atoms with Crippen LogP contribution in [0.25, 0.3) is 0 Å². The maximum atomic E-state index is 7.58. The van der Waals surface area contributed by atoms with E-state index in [0.29, 0.717) is 15.8 Å². The predicted molar refractivity (Wildman–Crippen MR) is 93.9 cm³/mol. The topological polar surface area (TPSA) is 45.1 Å². The summed E-state index contributed by atoms with van der Waals surface area (Å²) in [6.45, 7) is 4.10. The first kappa shape index (κ1) is 15.7. The standard InChI is InChI=1S/C18H26N2OS/c1-18(9-3-2-4-10-18)13-21-15-7-5-14(6-8-15)11-16-12-20-17(19)22-16/h5-8,16H,2-4,9-13H2,1H3,(H2,19,20). The van der Waals surface area contributed by atoms with E-state index in [1.165, 1.54) is 37.7 Å². The van der Waals surface area contributed by atoms with Crippen molar-refractivity contribution in [3.63, 3.8) is 0 Å². The van der Waals surface area contributed by atoms with Gasteiger partial charge < -0.3 is 10.1 Å². The summed E-state index contributed by atoms with van der Waals surface area (Å²) in [6, 6.07) is 8.53. The van der Waals surface area contributed by atoms with Crippen molar-refractivity contribution in [2.45, 2.75) is 50.7 Å². The highest BCUT2D eigenvalue weighted by atomic mass is 32.2. The number of rotatable bonds is 5. The van der Waals surface area contributed by atoms with Gasteiger partial charge in [0.25, 0.3) is 0 Å². The van der Waals surface area contributed by atoms with Crippen LogP contribution >= 0.6 is 11.8 Å². The molecule has 1 heterocycles. The van der Waals surface area contributed by atoms with Crippen molar-refractivity contribution < 1.29 is 4.74 Å². The molecule has 0 bridgehead atoms. The van der Waals surface area contributed by atoms with Gasteiger partial charge in [0, 0.05) is 17.2 Å². The van der Waals surface area contributed by atoms with E-state index in [2.05, 4.69) is 36.5 Å². The quantitative estimate of drug-likeness (QED) is 0.854. The Hall–Kier alpha value is -1.16. The predicted octanol–water partition coefficient (Wildman–Crippen LogP) is 4.22. The highest BCUT2D eigenvalue weighted by Gasteiger charge is 2.27. The van der Waals surface area contributed by atoms with Crippen LogP contribution < -0.4 is 10.1 Å². The fourth-order valence-electron chi connectivity index (χ4n) is 3.36. The molecule has 1 aliphatic carbocycles. The van der Waals surface area contributed by atoms with Gasteiger partial charge in [-0.1, -0.05) is 50.1 Å². The Balaban J connectivity index is 1.49. The Labute approximate surface area is 137 Å². The number of thioether (sulfide) groups is 1. The molecule has 0 aromatic heterocycles. The number of ether oxygens (including phenoxy) is 1. The van der Waals surface area contributed by atoms with Crippen molar-refractivity contribution in [1.82, 2.24) is 5.32 Å². The van der Waals surface area contributed by atoms with E-state index in [4.69, 9.17) is 10.1 Å². The van der Waals surface area contributed by atoms with E-state index in [1.807, 2.05) is 0 Å². The molecule has 1 unspecified atom stereocenters. The SMILES string of the molecule is CC1(COc2ccc(CC3CNC(=N)S3)cc2)CCCCC1. The molecule has 2 N–H and O–H groups in total. The van der Waals surface area contributed by atoms with Crippen molar-refractivity contribution in [2.24, 2.45) is 5.41 Å². The first-order valence-electron chi connectivity index (χ1n) is 8.34.